The zero-order valence-corrected chi connectivity index (χ0v) is 19.7. The predicted molar refractivity (Wildman–Crippen MR) is 122 cm³/mol. The second-order valence-electron chi connectivity index (χ2n) is 9.28. The molecule has 3 amide bonds. The molecule has 182 valence electrons. The van der Waals surface area contributed by atoms with Crippen LogP contribution in [0.1, 0.15) is 73.0 Å². The lowest BCUT2D eigenvalue weighted by molar-refractivity contribution is -0.127. The molecule has 8 nitrogen and oxygen atoms in total. The fourth-order valence-corrected chi connectivity index (χ4v) is 5.30. The van der Waals surface area contributed by atoms with E-state index in [2.05, 4.69) is 10.3 Å². The third-order valence-corrected chi connectivity index (χ3v) is 7.06. The van der Waals surface area contributed by atoms with Crippen molar-refractivity contribution in [3.8, 4) is 0 Å². The van der Waals surface area contributed by atoms with Gasteiger partial charge in [0.05, 0.1) is 22.5 Å². The molecule has 0 radical (unpaired) electrons. The van der Waals surface area contributed by atoms with Gasteiger partial charge in [0.25, 0.3) is 11.8 Å². The Balaban J connectivity index is 1.52. The maximum Gasteiger partial charge on any atom is 0.272 e. The van der Waals surface area contributed by atoms with Crippen molar-refractivity contribution < 1.29 is 23.2 Å². The van der Waals surface area contributed by atoms with Gasteiger partial charge >= 0.3 is 0 Å². The van der Waals surface area contributed by atoms with E-state index in [1.54, 1.807) is 18.4 Å². The standard InChI is InChI=1S/C23H26ClF2N5O3/c1-12(2)29-21(33)18-19(20(27)32)31(11-28-18)13-3-5-23(6-4-13)7-8-30(22(23)34)17-10-16(26)15(25)9-14(17)24/h9-13H,3-8H2,1-2H3,(H2,27,32)(H,29,33). The van der Waals surface area contributed by atoms with Crippen molar-refractivity contribution in [2.45, 2.75) is 58.0 Å². The normalized spacial score (nSPS) is 22.6. The lowest BCUT2D eigenvalue weighted by Crippen LogP contribution is -2.38. The fraction of sp³-hybridized carbons (Fsp3) is 0.478. The van der Waals surface area contributed by atoms with Gasteiger partial charge in [0.1, 0.15) is 5.69 Å². The van der Waals surface area contributed by atoms with Gasteiger partial charge in [-0.2, -0.15) is 0 Å². The Morgan fingerprint density at radius 3 is 2.47 bits per heavy atom. The molecule has 1 aromatic carbocycles. The van der Waals surface area contributed by atoms with Crippen molar-refractivity contribution in [2.24, 2.45) is 11.1 Å². The smallest absolute Gasteiger partial charge is 0.272 e. The molecule has 1 saturated heterocycles. The average Bonchev–Trinajstić information content (AvgIpc) is 3.34. The summed E-state index contributed by atoms with van der Waals surface area (Å²) in [7, 11) is 0. The minimum Gasteiger partial charge on any atom is -0.364 e. The first-order valence-electron chi connectivity index (χ1n) is 11.2. The van der Waals surface area contributed by atoms with Crippen molar-refractivity contribution in [1.82, 2.24) is 14.9 Å². The number of hydrogen-bond donors (Lipinski definition) is 2. The van der Waals surface area contributed by atoms with Crippen molar-refractivity contribution in [2.75, 3.05) is 11.4 Å². The highest BCUT2D eigenvalue weighted by Gasteiger charge is 2.49. The summed E-state index contributed by atoms with van der Waals surface area (Å²) in [6.07, 6.45) is 4.18. The Morgan fingerprint density at radius 2 is 1.85 bits per heavy atom. The van der Waals surface area contributed by atoms with Crippen LogP contribution in [0.4, 0.5) is 14.5 Å². The van der Waals surface area contributed by atoms with E-state index < -0.39 is 28.9 Å². The van der Waals surface area contributed by atoms with Gasteiger partial charge in [-0.1, -0.05) is 11.6 Å². The highest BCUT2D eigenvalue weighted by molar-refractivity contribution is 6.34. The number of anilines is 1. The molecule has 1 aromatic heterocycles. The first-order chi connectivity index (χ1) is 16.0. The van der Waals surface area contributed by atoms with Crippen molar-refractivity contribution in [1.29, 1.82) is 0 Å². The Hall–Kier alpha value is -3.01. The molecule has 1 spiro atoms. The molecule has 11 heteroatoms. The number of primary amides is 1. The second kappa shape index (κ2) is 8.98. The number of halogens is 3. The lowest BCUT2D eigenvalue weighted by atomic mass is 9.71. The number of carbonyl (C=O) groups excluding carboxylic acids is 3. The Bertz CT molecular complexity index is 1160. The summed E-state index contributed by atoms with van der Waals surface area (Å²) in [6, 6.07) is 1.54. The first-order valence-corrected chi connectivity index (χ1v) is 11.6. The summed E-state index contributed by atoms with van der Waals surface area (Å²) < 4.78 is 28.9. The van der Waals surface area contributed by atoms with E-state index in [1.165, 1.54) is 11.2 Å². The fourth-order valence-electron chi connectivity index (χ4n) is 5.05. The molecule has 0 unspecified atom stereocenters. The zero-order valence-electron chi connectivity index (χ0n) is 18.9. The summed E-state index contributed by atoms with van der Waals surface area (Å²) in [6.45, 7) is 3.95. The number of nitrogens with zero attached hydrogens (tertiary/aromatic N) is 3. The predicted octanol–water partition coefficient (Wildman–Crippen LogP) is 3.59. The van der Waals surface area contributed by atoms with Gasteiger partial charge in [0.2, 0.25) is 5.91 Å². The number of nitrogens with one attached hydrogen (secondary N) is 1. The second-order valence-corrected chi connectivity index (χ2v) is 9.68. The van der Waals surface area contributed by atoms with E-state index in [0.717, 1.165) is 12.1 Å². The van der Waals surface area contributed by atoms with Gasteiger partial charge in [-0.15, -0.1) is 0 Å². The molecule has 2 fully saturated rings. The SMILES string of the molecule is CC(C)NC(=O)c1ncn(C2CCC3(CC2)CCN(c2cc(F)c(F)cc2Cl)C3=O)c1C(N)=O. The van der Waals surface area contributed by atoms with E-state index in [-0.39, 0.29) is 40.1 Å². The summed E-state index contributed by atoms with van der Waals surface area (Å²) in [4.78, 5) is 43.5. The maximum absolute atomic E-state index is 13.8. The summed E-state index contributed by atoms with van der Waals surface area (Å²) >= 11 is 6.10. The molecule has 1 aliphatic carbocycles. The number of imidazole rings is 1. The van der Waals surface area contributed by atoms with E-state index in [1.807, 2.05) is 0 Å². The Kier molecular flexibility index (Phi) is 6.37. The van der Waals surface area contributed by atoms with E-state index >= 15 is 0 Å². The number of rotatable bonds is 5. The number of amides is 3. The lowest BCUT2D eigenvalue weighted by Gasteiger charge is -2.36. The number of nitrogens with two attached hydrogens (primary N) is 1. The van der Waals surface area contributed by atoms with Gasteiger partial charge in [0.15, 0.2) is 17.3 Å². The van der Waals surface area contributed by atoms with E-state index in [9.17, 15) is 23.2 Å². The maximum atomic E-state index is 13.8. The molecule has 4 rings (SSSR count). The molecule has 3 N–H and O–H groups in total. The topological polar surface area (TPSA) is 110 Å². The number of hydrogen-bond acceptors (Lipinski definition) is 4. The molecule has 1 aliphatic heterocycles. The third kappa shape index (κ3) is 4.15. The molecular weight excluding hydrogens is 468 g/mol. The van der Waals surface area contributed by atoms with Crippen molar-refractivity contribution in [3.63, 3.8) is 0 Å². The molecule has 2 aromatic rings. The van der Waals surface area contributed by atoms with Crippen LogP contribution >= 0.6 is 11.6 Å². The first kappa shape index (κ1) is 24.1. The van der Waals surface area contributed by atoms with Gasteiger partial charge in [0, 0.05) is 24.7 Å². The molecule has 2 aliphatic rings. The van der Waals surface area contributed by atoms with Crippen LogP contribution in [0.25, 0.3) is 0 Å². The van der Waals surface area contributed by atoms with Crippen LogP contribution in [0.5, 0.6) is 0 Å². The van der Waals surface area contributed by atoms with Crippen LogP contribution in [-0.2, 0) is 4.79 Å². The van der Waals surface area contributed by atoms with Crippen LogP contribution < -0.4 is 16.0 Å². The molecule has 2 heterocycles. The minimum absolute atomic E-state index is 0.0161. The molecular formula is C23H26ClF2N5O3. The molecule has 0 atom stereocenters. The largest absolute Gasteiger partial charge is 0.364 e. The van der Waals surface area contributed by atoms with Gasteiger partial charge in [-0.25, -0.2) is 13.8 Å². The van der Waals surface area contributed by atoms with Crippen LogP contribution in [0.3, 0.4) is 0 Å². The van der Waals surface area contributed by atoms with Crippen molar-refractivity contribution >= 4 is 35.0 Å². The highest BCUT2D eigenvalue weighted by Crippen LogP contribution is 2.49. The minimum atomic E-state index is -1.07. The van der Waals surface area contributed by atoms with Gasteiger partial charge < -0.3 is 20.5 Å². The van der Waals surface area contributed by atoms with E-state index in [0.29, 0.717) is 38.6 Å². The molecule has 0 bridgehead atoms. The van der Waals surface area contributed by atoms with Gasteiger partial charge in [-0.3, -0.25) is 14.4 Å². The summed E-state index contributed by atoms with van der Waals surface area (Å²) in [5.41, 5.74) is 5.13. The number of benzene rings is 1. The average molecular weight is 494 g/mol. The number of aromatic nitrogens is 2. The summed E-state index contributed by atoms with van der Waals surface area (Å²) in [5, 5.41) is 2.70. The zero-order chi connectivity index (χ0) is 24.8. The van der Waals surface area contributed by atoms with E-state index in [4.69, 9.17) is 17.3 Å². The van der Waals surface area contributed by atoms with Crippen LogP contribution in [-0.4, -0.2) is 39.9 Å². The van der Waals surface area contributed by atoms with Crippen LogP contribution in [0, 0.1) is 17.0 Å². The monoisotopic (exact) mass is 493 g/mol. The van der Waals surface area contributed by atoms with Gasteiger partial charge in [-0.05, 0) is 52.0 Å². The van der Waals surface area contributed by atoms with Crippen molar-refractivity contribution in [3.05, 3.63) is 46.5 Å². The molecule has 1 saturated carbocycles. The Labute approximate surface area is 200 Å². The number of carbonyl (C=O) groups is 3. The highest BCUT2D eigenvalue weighted by atomic mass is 35.5. The molecule has 34 heavy (non-hydrogen) atoms. The van der Waals surface area contributed by atoms with Crippen LogP contribution in [0.15, 0.2) is 18.5 Å². The summed E-state index contributed by atoms with van der Waals surface area (Å²) in [5.74, 6) is -3.52. The van der Waals surface area contributed by atoms with Crippen LogP contribution in [0.2, 0.25) is 5.02 Å². The Morgan fingerprint density at radius 1 is 1.21 bits per heavy atom. The third-order valence-electron chi connectivity index (χ3n) is 6.76. The quantitative estimate of drug-likeness (QED) is 0.620.